The van der Waals surface area contributed by atoms with Gasteiger partial charge in [0.25, 0.3) is 0 Å². The fraction of sp³-hybridized carbons (Fsp3) is 0.310. The van der Waals surface area contributed by atoms with E-state index in [-0.39, 0.29) is 40.7 Å². The first-order chi connectivity index (χ1) is 18.3. The molecule has 0 bridgehead atoms. The zero-order chi connectivity index (χ0) is 27.2. The third-order valence-corrected chi connectivity index (χ3v) is 7.04. The van der Waals surface area contributed by atoms with E-state index in [9.17, 15) is 9.18 Å². The van der Waals surface area contributed by atoms with Gasteiger partial charge in [-0.05, 0) is 61.9 Å². The van der Waals surface area contributed by atoms with Gasteiger partial charge in [0, 0.05) is 36.7 Å². The monoisotopic (exact) mass is 519 g/mol. The minimum Gasteiger partial charge on any atom is -0.457 e. The molecule has 3 N–H and O–H groups in total. The number of hydrogen-bond donors (Lipinski definition) is 2. The average Bonchev–Trinajstić information content (AvgIpc) is 2.91. The number of ether oxygens (including phenoxy) is 1. The van der Waals surface area contributed by atoms with E-state index in [1.807, 2.05) is 0 Å². The second-order valence-electron chi connectivity index (χ2n) is 9.41. The second kappa shape index (κ2) is 11.9. The maximum Gasteiger partial charge on any atom is 0.243 e. The summed E-state index contributed by atoms with van der Waals surface area (Å²) in [6.07, 6.45) is 6.19. The summed E-state index contributed by atoms with van der Waals surface area (Å²) in [5.74, 6) is -0.183. The van der Waals surface area contributed by atoms with Crippen LogP contribution in [-0.2, 0) is 4.79 Å². The number of carbonyl (C=O) groups is 1. The van der Waals surface area contributed by atoms with Gasteiger partial charge in [0.05, 0.1) is 17.0 Å². The third-order valence-electron chi connectivity index (χ3n) is 7.04. The van der Waals surface area contributed by atoms with Crippen LogP contribution in [0.4, 0.5) is 14.6 Å². The van der Waals surface area contributed by atoms with Gasteiger partial charge in [-0.2, -0.15) is 0 Å². The van der Waals surface area contributed by atoms with Gasteiger partial charge in [-0.3, -0.25) is 9.79 Å². The Kier molecular flexibility index (Phi) is 8.45. The molecule has 2 aromatic carbocycles. The Hall–Kier alpha value is -4.14. The number of nitrogens with two attached hydrogens (primary N) is 1. The molecule has 38 heavy (non-hydrogen) atoms. The fourth-order valence-electron chi connectivity index (χ4n) is 5.03. The molecule has 3 aromatic rings. The minimum absolute atomic E-state index is 0.00162. The lowest BCUT2D eigenvalue weighted by Crippen LogP contribution is -2.37. The van der Waals surface area contributed by atoms with Crippen LogP contribution in [0.3, 0.4) is 0 Å². The van der Waals surface area contributed by atoms with Gasteiger partial charge in [0.2, 0.25) is 5.91 Å². The molecule has 1 heterocycles. The van der Waals surface area contributed by atoms with E-state index in [0.717, 1.165) is 25.7 Å². The molecule has 0 spiro atoms. The van der Waals surface area contributed by atoms with E-state index in [4.69, 9.17) is 10.5 Å². The van der Waals surface area contributed by atoms with Crippen LogP contribution in [0.2, 0.25) is 0 Å². The van der Waals surface area contributed by atoms with Crippen molar-refractivity contribution >= 4 is 17.4 Å². The van der Waals surface area contributed by atoms with Gasteiger partial charge in [-0.1, -0.05) is 19.6 Å². The molecule has 0 saturated heterocycles. The summed E-state index contributed by atoms with van der Waals surface area (Å²) in [5.41, 5.74) is 8.09. The van der Waals surface area contributed by atoms with Crippen molar-refractivity contribution in [3.05, 3.63) is 89.9 Å². The van der Waals surface area contributed by atoms with Crippen LogP contribution in [0.15, 0.2) is 66.4 Å². The normalized spacial score (nSPS) is 18.5. The lowest BCUT2D eigenvalue weighted by molar-refractivity contribution is -0.117. The maximum atomic E-state index is 15.4. The number of aliphatic imine (C=N–C) groups is 1. The largest absolute Gasteiger partial charge is 0.457 e. The third kappa shape index (κ3) is 6.04. The maximum absolute atomic E-state index is 15.4. The molecule has 9 heteroatoms. The standard InChI is InChI=1S/C29H31F2N5O2/c1-4-25(37)36-20-10-8-18(9-11-20)17(2)27-26(29(32)35-16-34-27)28(33-3)23-13-12-22(15-24(23)31)38-21-7-5-6-19(30)14-21/h4-7,12-18,20H,1,8-11H2,2-3H3,(H,36,37)(H2,32,34,35). The minimum atomic E-state index is -0.570. The van der Waals surface area contributed by atoms with Gasteiger partial charge in [0.1, 0.15) is 35.3 Å². The molecule has 7 nitrogen and oxygen atoms in total. The van der Waals surface area contributed by atoms with Crippen LogP contribution >= 0.6 is 0 Å². The number of benzene rings is 2. The smallest absolute Gasteiger partial charge is 0.243 e. The van der Waals surface area contributed by atoms with E-state index in [2.05, 4.69) is 33.8 Å². The van der Waals surface area contributed by atoms with Crippen molar-refractivity contribution in [3.8, 4) is 11.5 Å². The van der Waals surface area contributed by atoms with Crippen LogP contribution in [0, 0.1) is 17.6 Å². The number of nitrogens with one attached hydrogen (secondary N) is 1. The Morgan fingerprint density at radius 2 is 1.89 bits per heavy atom. The summed E-state index contributed by atoms with van der Waals surface area (Å²) in [7, 11) is 1.57. The first-order valence-electron chi connectivity index (χ1n) is 12.5. The van der Waals surface area contributed by atoms with Crippen LogP contribution in [0.5, 0.6) is 11.5 Å². The van der Waals surface area contributed by atoms with E-state index < -0.39 is 11.6 Å². The van der Waals surface area contributed by atoms with Crippen LogP contribution in [0.25, 0.3) is 0 Å². The molecular formula is C29H31F2N5O2. The number of halogens is 2. The highest BCUT2D eigenvalue weighted by Gasteiger charge is 2.31. The first-order valence-corrected chi connectivity index (χ1v) is 12.5. The number of carbonyl (C=O) groups excluding carboxylic acids is 1. The highest BCUT2D eigenvalue weighted by atomic mass is 19.1. The number of aromatic nitrogens is 2. The Balaban J connectivity index is 1.58. The topological polar surface area (TPSA) is 102 Å². The lowest BCUT2D eigenvalue weighted by Gasteiger charge is -2.33. The molecule has 1 aromatic heterocycles. The zero-order valence-corrected chi connectivity index (χ0v) is 21.5. The Labute approximate surface area is 220 Å². The van der Waals surface area contributed by atoms with Gasteiger partial charge in [-0.15, -0.1) is 0 Å². The predicted molar refractivity (Wildman–Crippen MR) is 143 cm³/mol. The quantitative estimate of drug-likeness (QED) is 0.300. The molecule has 1 saturated carbocycles. The van der Waals surface area contributed by atoms with Crippen LogP contribution in [-0.4, -0.2) is 34.7 Å². The molecule has 0 radical (unpaired) electrons. The summed E-state index contributed by atoms with van der Waals surface area (Å²) >= 11 is 0. The molecule has 4 rings (SSSR count). The van der Waals surface area contributed by atoms with Crippen molar-refractivity contribution in [1.82, 2.24) is 15.3 Å². The molecule has 0 aliphatic heterocycles. The van der Waals surface area contributed by atoms with E-state index >= 15 is 4.39 Å². The molecule has 1 unspecified atom stereocenters. The van der Waals surface area contributed by atoms with Gasteiger partial charge < -0.3 is 15.8 Å². The molecule has 198 valence electrons. The van der Waals surface area contributed by atoms with E-state index in [1.165, 1.54) is 36.7 Å². The number of rotatable bonds is 8. The SMILES string of the molecule is C=CC(=O)NC1CCC(C(C)c2ncnc(N)c2C(=NC)c2ccc(Oc3cccc(F)c3)cc2F)CC1. The molecule has 1 aliphatic rings. The number of amides is 1. The molecule has 1 atom stereocenters. The van der Waals surface area contributed by atoms with Crippen molar-refractivity contribution < 1.29 is 18.3 Å². The van der Waals surface area contributed by atoms with Gasteiger partial charge in [-0.25, -0.2) is 18.7 Å². The van der Waals surface area contributed by atoms with Crippen molar-refractivity contribution in [2.45, 2.75) is 44.6 Å². The summed E-state index contributed by atoms with van der Waals surface area (Å²) in [4.78, 5) is 24.8. The van der Waals surface area contributed by atoms with E-state index in [0.29, 0.717) is 22.9 Å². The Bertz CT molecular complexity index is 1350. The number of nitrogen functional groups attached to an aromatic ring is 1. The highest BCUT2D eigenvalue weighted by Crippen LogP contribution is 2.38. The van der Waals surface area contributed by atoms with Crippen molar-refractivity contribution in [2.24, 2.45) is 10.9 Å². The summed E-state index contributed by atoms with van der Waals surface area (Å²) < 4.78 is 34.5. The lowest BCUT2D eigenvalue weighted by atomic mass is 9.76. The molecule has 1 aliphatic carbocycles. The Morgan fingerprint density at radius 1 is 1.16 bits per heavy atom. The van der Waals surface area contributed by atoms with E-state index in [1.54, 1.807) is 25.2 Å². The second-order valence-corrected chi connectivity index (χ2v) is 9.41. The highest BCUT2D eigenvalue weighted by molar-refractivity contribution is 6.16. The molecule has 1 amide bonds. The number of hydrogen-bond acceptors (Lipinski definition) is 6. The number of nitrogens with zero attached hydrogens (tertiary/aromatic N) is 3. The summed E-state index contributed by atoms with van der Waals surface area (Å²) in [5, 5.41) is 2.97. The molecular weight excluding hydrogens is 488 g/mol. The summed E-state index contributed by atoms with van der Waals surface area (Å²) in [6, 6.07) is 10.1. The zero-order valence-electron chi connectivity index (χ0n) is 21.5. The fourth-order valence-corrected chi connectivity index (χ4v) is 5.03. The van der Waals surface area contributed by atoms with Gasteiger partial charge >= 0.3 is 0 Å². The first kappa shape index (κ1) is 26.9. The predicted octanol–water partition coefficient (Wildman–Crippen LogP) is 5.56. The van der Waals surface area contributed by atoms with Crippen molar-refractivity contribution in [1.29, 1.82) is 0 Å². The Morgan fingerprint density at radius 3 is 2.55 bits per heavy atom. The van der Waals surface area contributed by atoms with Crippen LogP contribution < -0.4 is 15.8 Å². The molecule has 1 fully saturated rings. The average molecular weight is 520 g/mol. The summed E-state index contributed by atoms with van der Waals surface area (Å²) in [6.45, 7) is 5.59. The van der Waals surface area contributed by atoms with Crippen molar-refractivity contribution in [3.63, 3.8) is 0 Å². The van der Waals surface area contributed by atoms with Gasteiger partial charge in [0.15, 0.2) is 0 Å². The number of anilines is 1. The van der Waals surface area contributed by atoms with Crippen molar-refractivity contribution in [2.75, 3.05) is 12.8 Å². The van der Waals surface area contributed by atoms with Crippen LogP contribution in [0.1, 0.15) is 55.3 Å².